The molecule has 1 aromatic heterocycles. The molecule has 0 aromatic carbocycles. The zero-order chi connectivity index (χ0) is 18.2. The van der Waals surface area contributed by atoms with Gasteiger partial charge in [0.15, 0.2) is 5.82 Å². The van der Waals surface area contributed by atoms with E-state index in [1.807, 2.05) is 23.6 Å². The Morgan fingerprint density at radius 3 is 2.56 bits per heavy atom. The van der Waals surface area contributed by atoms with E-state index in [-0.39, 0.29) is 17.2 Å². The summed E-state index contributed by atoms with van der Waals surface area (Å²) in [5.74, 6) is 0.563. The van der Waals surface area contributed by atoms with Crippen LogP contribution in [0.5, 0.6) is 0 Å². The third-order valence-corrected chi connectivity index (χ3v) is 5.50. The molecule has 2 saturated heterocycles. The predicted octanol–water partition coefficient (Wildman–Crippen LogP) is 1.48. The highest BCUT2D eigenvalue weighted by molar-refractivity contribution is 5.74. The largest absolute Gasteiger partial charge is 0.480 e. The van der Waals surface area contributed by atoms with Crippen molar-refractivity contribution >= 4 is 11.9 Å². The molecule has 1 atom stereocenters. The van der Waals surface area contributed by atoms with E-state index in [1.54, 1.807) is 6.92 Å². The molecule has 138 valence electrons. The molecule has 1 amide bonds. The molecule has 1 spiro atoms. The molecule has 1 aromatic rings. The minimum Gasteiger partial charge on any atom is -0.480 e. The molecule has 3 heterocycles. The maximum absolute atomic E-state index is 11.7. The lowest BCUT2D eigenvalue weighted by atomic mass is 9.76. The number of rotatable bonds is 4. The number of aromatic nitrogens is 2. The van der Waals surface area contributed by atoms with E-state index in [9.17, 15) is 14.7 Å². The Hall–Kier alpha value is -1.96. The van der Waals surface area contributed by atoms with E-state index < -0.39 is 12.0 Å². The van der Waals surface area contributed by atoms with Crippen molar-refractivity contribution in [2.45, 2.75) is 58.5 Å². The van der Waals surface area contributed by atoms with Gasteiger partial charge in [0.1, 0.15) is 6.04 Å². The van der Waals surface area contributed by atoms with Crippen LogP contribution >= 0.6 is 0 Å². The van der Waals surface area contributed by atoms with Crippen molar-refractivity contribution < 1.29 is 19.2 Å². The molecule has 2 aliphatic heterocycles. The highest BCUT2D eigenvalue weighted by atomic mass is 16.5. The van der Waals surface area contributed by atoms with Gasteiger partial charge in [0.2, 0.25) is 11.8 Å². The van der Waals surface area contributed by atoms with Crippen molar-refractivity contribution in [3.8, 4) is 0 Å². The smallest absolute Gasteiger partial charge is 0.320 e. The Labute approximate surface area is 147 Å². The van der Waals surface area contributed by atoms with Gasteiger partial charge in [-0.1, -0.05) is 19.0 Å². The standard InChI is InChI=1S/C17H26N4O4/c1-11(2)15-18-14(25-19-15)9-21-10-17(8-13(21)16(23)24)4-6-20(7-5-17)12(3)22/h11,13H,4-10H2,1-3H3,(H,23,24)/t13-/m1/s1. The minimum atomic E-state index is -0.811. The number of piperidine rings is 1. The Morgan fingerprint density at radius 1 is 1.36 bits per heavy atom. The number of amides is 1. The molecule has 0 saturated carbocycles. The molecule has 8 heteroatoms. The molecule has 1 N–H and O–H groups in total. The van der Waals surface area contributed by atoms with Crippen molar-refractivity contribution in [2.75, 3.05) is 19.6 Å². The summed E-state index contributed by atoms with van der Waals surface area (Å²) < 4.78 is 5.29. The molecular formula is C17H26N4O4. The third kappa shape index (κ3) is 3.68. The number of likely N-dealkylation sites (tertiary alicyclic amines) is 2. The first kappa shape index (κ1) is 17.8. The van der Waals surface area contributed by atoms with Crippen LogP contribution in [0.4, 0.5) is 0 Å². The summed E-state index contributed by atoms with van der Waals surface area (Å²) in [5.41, 5.74) is -0.0457. The lowest BCUT2D eigenvalue weighted by molar-refractivity contribution is -0.142. The maximum atomic E-state index is 11.7. The van der Waals surface area contributed by atoms with Crippen LogP contribution in [0.15, 0.2) is 4.52 Å². The highest BCUT2D eigenvalue weighted by Crippen LogP contribution is 2.44. The number of carboxylic acids is 1. The van der Waals surface area contributed by atoms with Crippen molar-refractivity contribution in [1.82, 2.24) is 19.9 Å². The number of carbonyl (C=O) groups excluding carboxylic acids is 1. The average Bonchev–Trinajstić information content (AvgIpc) is 3.14. The summed E-state index contributed by atoms with van der Waals surface area (Å²) in [7, 11) is 0. The predicted molar refractivity (Wildman–Crippen MR) is 88.8 cm³/mol. The van der Waals surface area contributed by atoms with Gasteiger partial charge >= 0.3 is 5.97 Å². The summed E-state index contributed by atoms with van der Waals surface area (Å²) >= 11 is 0. The average molecular weight is 350 g/mol. The van der Waals surface area contributed by atoms with E-state index >= 15 is 0 Å². The summed E-state index contributed by atoms with van der Waals surface area (Å²) in [6.45, 7) is 8.01. The quantitative estimate of drug-likeness (QED) is 0.878. The fraction of sp³-hybridized carbons (Fsp3) is 0.765. The first-order valence-electron chi connectivity index (χ1n) is 8.84. The summed E-state index contributed by atoms with van der Waals surface area (Å²) in [5, 5.41) is 13.6. The Balaban J connectivity index is 1.70. The number of carbonyl (C=O) groups is 2. The van der Waals surface area contributed by atoms with E-state index in [2.05, 4.69) is 10.1 Å². The van der Waals surface area contributed by atoms with Gasteiger partial charge < -0.3 is 14.5 Å². The molecule has 8 nitrogen and oxygen atoms in total. The first-order chi connectivity index (χ1) is 11.8. The van der Waals surface area contributed by atoms with Gasteiger partial charge in [-0.15, -0.1) is 0 Å². The Bertz CT molecular complexity index is 649. The lowest BCUT2D eigenvalue weighted by Crippen LogP contribution is -2.43. The van der Waals surface area contributed by atoms with E-state index in [0.717, 1.165) is 12.8 Å². The van der Waals surface area contributed by atoms with Crippen LogP contribution in [0.3, 0.4) is 0 Å². The molecular weight excluding hydrogens is 324 g/mol. The van der Waals surface area contributed by atoms with Crippen LogP contribution < -0.4 is 0 Å². The summed E-state index contributed by atoms with van der Waals surface area (Å²) in [6, 6.07) is -0.543. The Kier molecular flexibility index (Phi) is 4.81. The second kappa shape index (κ2) is 6.74. The van der Waals surface area contributed by atoms with Crippen molar-refractivity contribution in [3.05, 3.63) is 11.7 Å². The number of hydrogen-bond acceptors (Lipinski definition) is 6. The van der Waals surface area contributed by atoms with E-state index in [4.69, 9.17) is 4.52 Å². The molecule has 0 unspecified atom stereocenters. The van der Waals surface area contributed by atoms with Crippen LogP contribution in [0.1, 0.15) is 57.7 Å². The number of hydrogen-bond donors (Lipinski definition) is 1. The molecule has 0 aliphatic carbocycles. The van der Waals surface area contributed by atoms with Crippen LogP contribution in [0.25, 0.3) is 0 Å². The summed E-state index contributed by atoms with van der Waals surface area (Å²) in [6.07, 6.45) is 2.29. The maximum Gasteiger partial charge on any atom is 0.320 e. The second-order valence-corrected chi connectivity index (χ2v) is 7.67. The van der Waals surface area contributed by atoms with Crippen LogP contribution in [-0.4, -0.2) is 62.6 Å². The van der Waals surface area contributed by atoms with Crippen molar-refractivity contribution in [2.24, 2.45) is 5.41 Å². The fourth-order valence-corrected chi connectivity index (χ4v) is 3.95. The molecule has 2 aliphatic rings. The van der Waals surface area contributed by atoms with Gasteiger partial charge in [0.05, 0.1) is 6.54 Å². The zero-order valence-electron chi connectivity index (χ0n) is 15.1. The normalized spacial score (nSPS) is 23.5. The van der Waals surface area contributed by atoms with Gasteiger partial charge in [0.25, 0.3) is 0 Å². The molecule has 0 radical (unpaired) electrons. The van der Waals surface area contributed by atoms with Gasteiger partial charge in [-0.25, -0.2) is 0 Å². The second-order valence-electron chi connectivity index (χ2n) is 7.67. The number of carboxylic acid groups (broad SMARTS) is 1. The monoisotopic (exact) mass is 350 g/mol. The van der Waals surface area contributed by atoms with Crippen LogP contribution in [-0.2, 0) is 16.1 Å². The van der Waals surface area contributed by atoms with Crippen LogP contribution in [0.2, 0.25) is 0 Å². The molecule has 0 bridgehead atoms. The SMILES string of the molecule is CC(=O)N1CCC2(CC1)C[C@H](C(=O)O)N(Cc1nc(C(C)C)no1)C2. The number of aliphatic carboxylic acids is 1. The van der Waals surface area contributed by atoms with E-state index in [1.165, 1.54) is 0 Å². The van der Waals surface area contributed by atoms with Crippen LogP contribution in [0, 0.1) is 5.41 Å². The fourth-order valence-electron chi connectivity index (χ4n) is 3.95. The lowest BCUT2D eigenvalue weighted by Gasteiger charge is -2.39. The van der Waals surface area contributed by atoms with Crippen molar-refractivity contribution in [1.29, 1.82) is 0 Å². The topological polar surface area (TPSA) is 99.8 Å². The van der Waals surface area contributed by atoms with Gasteiger partial charge in [0, 0.05) is 32.5 Å². The number of nitrogens with zero attached hydrogens (tertiary/aromatic N) is 4. The van der Waals surface area contributed by atoms with E-state index in [0.29, 0.717) is 44.3 Å². The van der Waals surface area contributed by atoms with Crippen molar-refractivity contribution in [3.63, 3.8) is 0 Å². The van der Waals surface area contributed by atoms with Gasteiger partial charge in [-0.05, 0) is 24.7 Å². The molecule has 3 rings (SSSR count). The van der Waals surface area contributed by atoms with Gasteiger partial charge in [-0.2, -0.15) is 4.98 Å². The minimum absolute atomic E-state index is 0.0457. The zero-order valence-corrected chi connectivity index (χ0v) is 15.1. The highest BCUT2D eigenvalue weighted by Gasteiger charge is 2.48. The summed E-state index contributed by atoms with van der Waals surface area (Å²) in [4.78, 5) is 31.4. The molecule has 25 heavy (non-hydrogen) atoms. The first-order valence-corrected chi connectivity index (χ1v) is 8.84. The molecule has 2 fully saturated rings. The third-order valence-electron chi connectivity index (χ3n) is 5.50. The van der Waals surface area contributed by atoms with Gasteiger partial charge in [-0.3, -0.25) is 14.5 Å². The Morgan fingerprint density at radius 2 is 2.04 bits per heavy atom.